The Labute approximate surface area is 127 Å². The lowest BCUT2D eigenvalue weighted by Crippen LogP contribution is -2.23. The van der Waals surface area contributed by atoms with Crippen molar-refractivity contribution >= 4 is 0 Å². The van der Waals surface area contributed by atoms with Gasteiger partial charge in [-0.15, -0.1) is 0 Å². The largest absolute Gasteiger partial charge is 0.330 e. The van der Waals surface area contributed by atoms with Gasteiger partial charge in [-0.1, -0.05) is 34.1 Å². The fraction of sp³-hybridized carbons (Fsp3) is 1.00. The third-order valence-corrected chi connectivity index (χ3v) is 3.74. The van der Waals surface area contributed by atoms with E-state index in [1.54, 1.807) is 0 Å². The third-order valence-electron chi connectivity index (χ3n) is 3.74. The van der Waals surface area contributed by atoms with Crippen LogP contribution in [0.2, 0.25) is 0 Å². The number of nitrogens with two attached hydrogens (primary N) is 4. The molecule has 0 aliphatic heterocycles. The van der Waals surface area contributed by atoms with Crippen molar-refractivity contribution in [3.63, 3.8) is 0 Å². The van der Waals surface area contributed by atoms with Crippen LogP contribution in [0, 0.1) is 10.8 Å². The van der Waals surface area contributed by atoms with Gasteiger partial charge in [-0.2, -0.15) is 0 Å². The van der Waals surface area contributed by atoms with E-state index in [2.05, 4.69) is 27.7 Å². The lowest BCUT2D eigenvalue weighted by molar-refractivity contribution is 0.306. The van der Waals surface area contributed by atoms with Crippen molar-refractivity contribution in [2.45, 2.75) is 66.2 Å². The smallest absolute Gasteiger partial charge is 0.00258 e. The average Bonchev–Trinajstić information content (AvgIpc) is 2.37. The van der Waals surface area contributed by atoms with E-state index < -0.39 is 0 Å². The highest BCUT2D eigenvalue weighted by Crippen LogP contribution is 2.25. The highest BCUT2D eigenvalue weighted by molar-refractivity contribution is 4.69. The van der Waals surface area contributed by atoms with Crippen LogP contribution >= 0.6 is 0 Å². The minimum Gasteiger partial charge on any atom is -0.330 e. The molecule has 0 heterocycles. The Morgan fingerprint density at radius 2 is 1.05 bits per heavy atom. The molecule has 0 saturated carbocycles. The van der Waals surface area contributed by atoms with E-state index in [0.29, 0.717) is 10.8 Å². The van der Waals surface area contributed by atoms with Gasteiger partial charge in [0.05, 0.1) is 0 Å². The molecule has 0 bridgehead atoms. The molecule has 0 aliphatic carbocycles. The zero-order chi connectivity index (χ0) is 16.1. The van der Waals surface area contributed by atoms with Crippen molar-refractivity contribution in [1.29, 1.82) is 0 Å². The van der Waals surface area contributed by atoms with Gasteiger partial charge < -0.3 is 22.9 Å². The summed E-state index contributed by atoms with van der Waals surface area (Å²) in [7, 11) is 0. The standard InChI is InChI=1S/2C8H20N2/c1-8(2,5-7-10)4-3-6-9;1-8(2,7-10)5-3-4-6-9/h2*3-7,9-10H2,1-2H3. The molecule has 0 atom stereocenters. The first-order chi connectivity index (χ1) is 9.24. The zero-order valence-corrected chi connectivity index (χ0v) is 14.4. The van der Waals surface area contributed by atoms with Crippen molar-refractivity contribution in [3.05, 3.63) is 0 Å². The minimum absolute atomic E-state index is 0.315. The van der Waals surface area contributed by atoms with Crippen LogP contribution in [0.3, 0.4) is 0 Å². The number of rotatable bonds is 10. The molecule has 0 aliphatic rings. The zero-order valence-electron chi connectivity index (χ0n) is 14.4. The summed E-state index contributed by atoms with van der Waals surface area (Å²) in [4.78, 5) is 0. The van der Waals surface area contributed by atoms with Gasteiger partial charge in [0.15, 0.2) is 0 Å². The quantitative estimate of drug-likeness (QED) is 0.463. The van der Waals surface area contributed by atoms with E-state index in [9.17, 15) is 0 Å². The van der Waals surface area contributed by atoms with Crippen LogP contribution in [0.1, 0.15) is 66.2 Å². The Morgan fingerprint density at radius 1 is 0.550 bits per heavy atom. The van der Waals surface area contributed by atoms with Gasteiger partial charge in [-0.3, -0.25) is 0 Å². The number of hydrogen-bond donors (Lipinski definition) is 4. The maximum atomic E-state index is 5.56. The van der Waals surface area contributed by atoms with Gasteiger partial charge >= 0.3 is 0 Å². The van der Waals surface area contributed by atoms with Crippen LogP contribution in [-0.4, -0.2) is 26.2 Å². The second kappa shape index (κ2) is 12.6. The lowest BCUT2D eigenvalue weighted by atomic mass is 9.84. The summed E-state index contributed by atoms with van der Waals surface area (Å²) in [5.41, 5.74) is 22.5. The highest BCUT2D eigenvalue weighted by atomic mass is 14.6. The molecule has 0 spiro atoms. The second-order valence-corrected chi connectivity index (χ2v) is 7.21. The van der Waals surface area contributed by atoms with Gasteiger partial charge in [0, 0.05) is 0 Å². The summed E-state index contributed by atoms with van der Waals surface area (Å²) < 4.78 is 0. The fourth-order valence-electron chi connectivity index (χ4n) is 1.95. The van der Waals surface area contributed by atoms with Gasteiger partial charge in [0.2, 0.25) is 0 Å². The lowest BCUT2D eigenvalue weighted by Gasteiger charge is -2.23. The molecule has 0 radical (unpaired) electrons. The van der Waals surface area contributed by atoms with Crippen molar-refractivity contribution < 1.29 is 0 Å². The summed E-state index contributed by atoms with van der Waals surface area (Å²) in [6.45, 7) is 12.1. The summed E-state index contributed by atoms with van der Waals surface area (Å²) in [6, 6.07) is 0. The molecule has 4 nitrogen and oxygen atoms in total. The number of unbranched alkanes of at least 4 members (excludes halogenated alkanes) is 1. The van der Waals surface area contributed by atoms with E-state index in [1.807, 2.05) is 0 Å². The van der Waals surface area contributed by atoms with E-state index in [1.165, 1.54) is 19.3 Å². The molecule has 0 saturated heterocycles. The first-order valence-corrected chi connectivity index (χ1v) is 8.05. The normalized spacial score (nSPS) is 12.0. The van der Waals surface area contributed by atoms with Crippen LogP contribution in [-0.2, 0) is 0 Å². The van der Waals surface area contributed by atoms with Crippen LogP contribution in [0.25, 0.3) is 0 Å². The van der Waals surface area contributed by atoms with Crippen molar-refractivity contribution in [1.82, 2.24) is 0 Å². The highest BCUT2D eigenvalue weighted by Gasteiger charge is 2.15. The first-order valence-electron chi connectivity index (χ1n) is 8.05. The Kier molecular flexibility index (Phi) is 13.9. The minimum atomic E-state index is 0.315. The SMILES string of the molecule is CC(C)(CCN)CCCN.CC(C)(CN)CCCCN. The van der Waals surface area contributed by atoms with Crippen LogP contribution in [0.5, 0.6) is 0 Å². The van der Waals surface area contributed by atoms with Gasteiger partial charge in [0.25, 0.3) is 0 Å². The molecule has 0 aromatic heterocycles. The van der Waals surface area contributed by atoms with Gasteiger partial charge in [0.1, 0.15) is 0 Å². The van der Waals surface area contributed by atoms with Crippen molar-refractivity contribution in [3.8, 4) is 0 Å². The summed E-state index contributed by atoms with van der Waals surface area (Å²) in [6.07, 6.45) is 6.95. The van der Waals surface area contributed by atoms with Crippen LogP contribution in [0.15, 0.2) is 0 Å². The summed E-state index contributed by atoms with van der Waals surface area (Å²) in [5, 5.41) is 0. The van der Waals surface area contributed by atoms with Crippen molar-refractivity contribution in [2.24, 2.45) is 33.8 Å². The Bertz CT molecular complexity index is 203. The molecular weight excluding hydrogens is 248 g/mol. The monoisotopic (exact) mass is 288 g/mol. The summed E-state index contributed by atoms with van der Waals surface area (Å²) in [5.74, 6) is 0. The average molecular weight is 289 g/mol. The Balaban J connectivity index is 0. The maximum absolute atomic E-state index is 5.56. The number of hydrogen-bond acceptors (Lipinski definition) is 4. The predicted octanol–water partition coefficient (Wildman–Crippen LogP) is 2.20. The molecular formula is C16H40N4. The fourth-order valence-corrected chi connectivity index (χ4v) is 1.95. The molecule has 0 aromatic carbocycles. The molecule has 0 rings (SSSR count). The van der Waals surface area contributed by atoms with E-state index in [4.69, 9.17) is 22.9 Å². The van der Waals surface area contributed by atoms with Gasteiger partial charge in [-0.25, -0.2) is 0 Å². The van der Waals surface area contributed by atoms with E-state index >= 15 is 0 Å². The Morgan fingerprint density at radius 3 is 1.45 bits per heavy atom. The van der Waals surface area contributed by atoms with E-state index in [0.717, 1.165) is 45.4 Å². The molecule has 124 valence electrons. The maximum Gasteiger partial charge on any atom is -0.00258 e. The molecule has 20 heavy (non-hydrogen) atoms. The van der Waals surface area contributed by atoms with E-state index in [-0.39, 0.29) is 0 Å². The topological polar surface area (TPSA) is 104 Å². The third kappa shape index (κ3) is 15.9. The Hall–Kier alpha value is -0.160. The molecule has 0 fully saturated rings. The molecule has 4 heteroatoms. The second-order valence-electron chi connectivity index (χ2n) is 7.21. The van der Waals surface area contributed by atoms with Gasteiger partial charge in [-0.05, 0) is 69.1 Å². The first kappa shape index (κ1) is 22.1. The molecule has 0 amide bonds. The molecule has 8 N–H and O–H groups in total. The predicted molar refractivity (Wildman–Crippen MR) is 91.5 cm³/mol. The van der Waals surface area contributed by atoms with Crippen LogP contribution < -0.4 is 22.9 Å². The molecule has 0 unspecified atom stereocenters. The molecule has 0 aromatic rings. The summed E-state index contributed by atoms with van der Waals surface area (Å²) >= 11 is 0. The van der Waals surface area contributed by atoms with Crippen molar-refractivity contribution in [2.75, 3.05) is 26.2 Å². The van der Waals surface area contributed by atoms with Crippen LogP contribution in [0.4, 0.5) is 0 Å².